The van der Waals surface area contributed by atoms with Crippen molar-refractivity contribution in [3.8, 4) is 34.4 Å². The number of hydrogen-bond donors (Lipinski definition) is 1. The largest absolute Gasteiger partial charge is 0.481 e. The Balaban J connectivity index is 1.85. The molecule has 1 aromatic carbocycles. The number of carbonyl (C=O) groups excluding carboxylic acids is 1. The summed E-state index contributed by atoms with van der Waals surface area (Å²) in [6.07, 6.45) is 4.33. The second-order valence-electron chi connectivity index (χ2n) is 8.92. The van der Waals surface area contributed by atoms with Gasteiger partial charge in [-0.15, -0.1) is 0 Å². The van der Waals surface area contributed by atoms with Crippen LogP contribution in [-0.2, 0) is 10.0 Å². The highest BCUT2D eigenvalue weighted by Crippen LogP contribution is 2.38. The number of pyridine rings is 2. The molecule has 1 N–H and O–H groups in total. The van der Waals surface area contributed by atoms with Crippen molar-refractivity contribution in [2.45, 2.75) is 20.8 Å². The first-order chi connectivity index (χ1) is 18.1. The van der Waals surface area contributed by atoms with Crippen LogP contribution in [0, 0.1) is 5.92 Å². The molecule has 10 nitrogen and oxygen atoms in total. The van der Waals surface area contributed by atoms with Gasteiger partial charge in [-0.3, -0.25) is 4.79 Å². The third-order valence-electron chi connectivity index (χ3n) is 5.47. The average Bonchev–Trinajstić information content (AvgIpc) is 2.90. The first-order valence-electron chi connectivity index (χ1n) is 12.3. The fourth-order valence-electron chi connectivity index (χ4n) is 3.58. The molecular formula is C27H34N4O6S. The van der Waals surface area contributed by atoms with Crippen molar-refractivity contribution >= 4 is 15.9 Å². The second-order valence-corrected chi connectivity index (χ2v) is 10.9. The highest BCUT2D eigenvalue weighted by molar-refractivity contribution is 7.88. The smallest absolute Gasteiger partial charge is 0.251 e. The first kappa shape index (κ1) is 28.9. The molecule has 204 valence electrons. The lowest BCUT2D eigenvalue weighted by Gasteiger charge is -2.18. The van der Waals surface area contributed by atoms with Gasteiger partial charge < -0.3 is 19.5 Å². The number of ether oxygens (including phenoxy) is 3. The molecule has 0 aliphatic heterocycles. The molecule has 11 heteroatoms. The van der Waals surface area contributed by atoms with E-state index >= 15 is 0 Å². The normalized spacial score (nSPS) is 11.4. The van der Waals surface area contributed by atoms with Gasteiger partial charge in [-0.25, -0.2) is 22.7 Å². The summed E-state index contributed by atoms with van der Waals surface area (Å²) in [5, 5.41) is 2.78. The number of hydrogen-bond acceptors (Lipinski definition) is 8. The fourth-order valence-corrected chi connectivity index (χ4v) is 4.47. The number of methoxy groups -OCH3 is 1. The summed E-state index contributed by atoms with van der Waals surface area (Å²) in [4.78, 5) is 21.5. The average molecular weight is 543 g/mol. The number of aromatic nitrogens is 2. The molecule has 0 unspecified atom stereocenters. The molecule has 38 heavy (non-hydrogen) atoms. The molecule has 2 heterocycles. The predicted octanol–water partition coefficient (Wildman–Crippen LogP) is 3.99. The molecule has 0 atom stereocenters. The molecule has 1 amide bonds. The van der Waals surface area contributed by atoms with Gasteiger partial charge in [-0.1, -0.05) is 20.8 Å². The van der Waals surface area contributed by atoms with Crippen LogP contribution in [0.3, 0.4) is 0 Å². The number of carbonyl (C=O) groups is 1. The van der Waals surface area contributed by atoms with Crippen LogP contribution in [0.15, 0.2) is 54.9 Å². The van der Waals surface area contributed by atoms with E-state index in [0.717, 1.165) is 6.26 Å². The maximum absolute atomic E-state index is 12.9. The van der Waals surface area contributed by atoms with E-state index in [4.69, 9.17) is 14.2 Å². The third kappa shape index (κ3) is 7.90. The number of amides is 1. The van der Waals surface area contributed by atoms with Crippen LogP contribution in [-0.4, -0.2) is 68.2 Å². The van der Waals surface area contributed by atoms with Gasteiger partial charge in [0.2, 0.25) is 21.8 Å². The predicted molar refractivity (Wildman–Crippen MR) is 145 cm³/mol. The van der Waals surface area contributed by atoms with Crippen molar-refractivity contribution in [2.75, 3.05) is 39.6 Å². The van der Waals surface area contributed by atoms with Crippen LogP contribution in [0.1, 0.15) is 31.1 Å². The number of benzene rings is 1. The zero-order valence-electron chi connectivity index (χ0n) is 22.3. The van der Waals surface area contributed by atoms with E-state index in [9.17, 15) is 13.2 Å². The molecule has 3 rings (SSSR count). The van der Waals surface area contributed by atoms with Gasteiger partial charge in [0.1, 0.15) is 11.5 Å². The molecule has 0 spiro atoms. The summed E-state index contributed by atoms with van der Waals surface area (Å²) in [5.41, 5.74) is 1.60. The van der Waals surface area contributed by atoms with E-state index in [-0.39, 0.29) is 19.0 Å². The molecule has 0 saturated carbocycles. The van der Waals surface area contributed by atoms with Crippen LogP contribution in [0.4, 0.5) is 0 Å². The minimum atomic E-state index is -3.34. The minimum absolute atomic E-state index is 0.167. The van der Waals surface area contributed by atoms with E-state index in [1.165, 1.54) is 11.4 Å². The first-order valence-corrected chi connectivity index (χ1v) is 14.1. The summed E-state index contributed by atoms with van der Waals surface area (Å²) < 4.78 is 42.1. The molecule has 2 aromatic heterocycles. The highest BCUT2D eigenvalue weighted by Gasteiger charge is 2.18. The van der Waals surface area contributed by atoms with E-state index < -0.39 is 10.0 Å². The van der Waals surface area contributed by atoms with Crippen molar-refractivity contribution in [1.29, 1.82) is 0 Å². The van der Waals surface area contributed by atoms with E-state index in [1.54, 1.807) is 55.7 Å². The Morgan fingerprint density at radius 3 is 2.53 bits per heavy atom. The minimum Gasteiger partial charge on any atom is -0.481 e. The summed E-state index contributed by atoms with van der Waals surface area (Å²) in [6, 6.07) is 12.1. The quantitative estimate of drug-likeness (QED) is 0.344. The van der Waals surface area contributed by atoms with Gasteiger partial charge in [0.25, 0.3) is 5.91 Å². The molecular weight excluding hydrogens is 508 g/mol. The van der Waals surface area contributed by atoms with Crippen molar-refractivity contribution in [3.63, 3.8) is 0 Å². The zero-order valence-corrected chi connectivity index (χ0v) is 23.1. The Morgan fingerprint density at radius 1 is 1.11 bits per heavy atom. The summed E-state index contributed by atoms with van der Waals surface area (Å²) in [6.45, 7) is 7.10. The zero-order chi connectivity index (χ0) is 27.7. The fraction of sp³-hybridized carbons (Fsp3) is 0.370. The van der Waals surface area contributed by atoms with Crippen LogP contribution in [0.25, 0.3) is 11.1 Å². The van der Waals surface area contributed by atoms with E-state index in [1.807, 2.05) is 6.07 Å². The molecule has 0 bridgehead atoms. The number of nitrogens with one attached hydrogen (secondary N) is 1. The lowest BCUT2D eigenvalue weighted by Crippen LogP contribution is -2.37. The SMILES string of the molecule is CCN(CCNC(=O)c1ccc(Oc2ccc(OCC(C)C)nc2)c(-c2cccnc2OC)c1)S(C)(=O)=O. The lowest BCUT2D eigenvalue weighted by atomic mass is 10.0. The summed E-state index contributed by atoms with van der Waals surface area (Å²) >= 11 is 0. The number of sulfonamides is 1. The molecule has 0 aliphatic carbocycles. The molecule has 0 fully saturated rings. The van der Waals surface area contributed by atoms with Gasteiger partial charge in [0.15, 0.2) is 0 Å². The van der Waals surface area contributed by atoms with Gasteiger partial charge in [-0.2, -0.15) is 0 Å². The van der Waals surface area contributed by atoms with Crippen molar-refractivity contribution < 1.29 is 27.4 Å². The van der Waals surface area contributed by atoms with Gasteiger partial charge >= 0.3 is 0 Å². The Labute approximate surface area is 224 Å². The Bertz CT molecular complexity index is 1330. The topological polar surface area (TPSA) is 120 Å². The Morgan fingerprint density at radius 2 is 1.89 bits per heavy atom. The highest BCUT2D eigenvalue weighted by atomic mass is 32.2. The van der Waals surface area contributed by atoms with Crippen molar-refractivity contribution in [3.05, 3.63) is 60.4 Å². The standard InChI is InChI=1S/C27H34N4O6S/c1-6-31(38(5,33)34)15-14-28-26(32)20-9-11-24(23(16-20)22-8-7-13-29-27(22)35-4)37-21-10-12-25(30-17-21)36-18-19(2)3/h7-13,16-17,19H,6,14-15,18H2,1-5H3,(H,28,32). The Kier molecular flexibility index (Phi) is 10.0. The summed E-state index contributed by atoms with van der Waals surface area (Å²) in [7, 11) is -1.82. The molecule has 0 saturated heterocycles. The van der Waals surface area contributed by atoms with E-state index in [0.29, 0.717) is 59.0 Å². The number of rotatable bonds is 13. The molecule has 0 aliphatic rings. The van der Waals surface area contributed by atoms with Crippen LogP contribution >= 0.6 is 0 Å². The third-order valence-corrected chi connectivity index (χ3v) is 6.85. The maximum atomic E-state index is 12.9. The molecule has 0 radical (unpaired) electrons. The van der Waals surface area contributed by atoms with Gasteiger partial charge in [-0.05, 0) is 42.3 Å². The Hall–Kier alpha value is -3.70. The van der Waals surface area contributed by atoms with Gasteiger partial charge in [0, 0.05) is 48.6 Å². The number of nitrogens with zero attached hydrogens (tertiary/aromatic N) is 3. The van der Waals surface area contributed by atoms with Crippen LogP contribution in [0.5, 0.6) is 23.3 Å². The van der Waals surface area contributed by atoms with E-state index in [2.05, 4.69) is 29.1 Å². The van der Waals surface area contributed by atoms with Crippen LogP contribution < -0.4 is 19.5 Å². The monoisotopic (exact) mass is 542 g/mol. The van der Waals surface area contributed by atoms with Crippen molar-refractivity contribution in [1.82, 2.24) is 19.6 Å². The molecule has 3 aromatic rings. The summed E-state index contributed by atoms with van der Waals surface area (Å²) in [5.74, 6) is 1.87. The lowest BCUT2D eigenvalue weighted by molar-refractivity contribution is 0.0951. The second kappa shape index (κ2) is 13.2. The number of likely N-dealkylation sites (N-methyl/N-ethyl adjacent to an activating group) is 1. The van der Waals surface area contributed by atoms with Crippen LogP contribution in [0.2, 0.25) is 0 Å². The maximum Gasteiger partial charge on any atom is 0.251 e. The van der Waals surface area contributed by atoms with Gasteiger partial charge in [0.05, 0.1) is 26.2 Å². The van der Waals surface area contributed by atoms with Crippen molar-refractivity contribution in [2.24, 2.45) is 5.92 Å².